The number of hydrogen-bond donors (Lipinski definition) is 1. The summed E-state index contributed by atoms with van der Waals surface area (Å²) >= 11 is 0. The van der Waals surface area contributed by atoms with Crippen molar-refractivity contribution >= 4 is 12.2 Å². The van der Waals surface area contributed by atoms with Gasteiger partial charge in [-0.25, -0.2) is 4.79 Å². The number of rotatable bonds is 3. The molecular weight excluding hydrogens is 232 g/mol. The molecular formula is C13H14N2O3. The summed E-state index contributed by atoms with van der Waals surface area (Å²) in [6, 6.07) is 8.83. The van der Waals surface area contributed by atoms with Crippen molar-refractivity contribution in [1.29, 1.82) is 0 Å². The minimum absolute atomic E-state index is 0.377. The topological polar surface area (TPSA) is 62.1 Å². The molecule has 0 bridgehead atoms. The zero-order chi connectivity index (χ0) is 12.8. The van der Waals surface area contributed by atoms with E-state index in [-0.39, 0.29) is 5.97 Å². The van der Waals surface area contributed by atoms with Crippen molar-refractivity contribution in [2.45, 2.75) is 6.42 Å². The van der Waals surface area contributed by atoms with E-state index in [1.54, 1.807) is 29.3 Å². The van der Waals surface area contributed by atoms with E-state index in [0.717, 1.165) is 12.0 Å². The highest BCUT2D eigenvalue weighted by Crippen LogP contribution is 2.11. The van der Waals surface area contributed by atoms with E-state index in [1.807, 2.05) is 12.1 Å². The molecule has 1 aliphatic rings. The first kappa shape index (κ1) is 12.3. The van der Waals surface area contributed by atoms with Crippen LogP contribution >= 0.6 is 0 Å². The Morgan fingerprint density at radius 2 is 2.17 bits per heavy atom. The van der Waals surface area contributed by atoms with Crippen LogP contribution in [0.1, 0.15) is 16.8 Å². The standard InChI is InChI=1S/C13H14N2O3/c16-13(12-6-2-1-3-7-12)18-15-8-4-5-11(10-15)9-14-17/h1-3,5-7,9,17H,4,8,10H2/b14-9+. The largest absolute Gasteiger partial charge is 0.411 e. The van der Waals surface area contributed by atoms with Gasteiger partial charge < -0.3 is 10.0 Å². The molecule has 0 aliphatic carbocycles. The van der Waals surface area contributed by atoms with E-state index in [2.05, 4.69) is 5.16 Å². The molecule has 5 heteroatoms. The summed E-state index contributed by atoms with van der Waals surface area (Å²) in [5, 5.41) is 13.0. The van der Waals surface area contributed by atoms with Crippen molar-refractivity contribution < 1.29 is 14.8 Å². The lowest BCUT2D eigenvalue weighted by molar-refractivity contribution is -0.104. The normalized spacial score (nSPS) is 16.6. The van der Waals surface area contributed by atoms with Crippen molar-refractivity contribution in [1.82, 2.24) is 5.06 Å². The number of benzene rings is 1. The fourth-order valence-electron chi connectivity index (χ4n) is 1.73. The zero-order valence-electron chi connectivity index (χ0n) is 9.82. The van der Waals surface area contributed by atoms with E-state index in [9.17, 15) is 4.79 Å². The van der Waals surface area contributed by atoms with E-state index in [4.69, 9.17) is 10.0 Å². The SMILES string of the molecule is O=C(ON1CCC=C(/C=N/O)C1)c1ccccc1. The van der Waals surface area contributed by atoms with Crippen LogP contribution in [0.5, 0.6) is 0 Å². The fourth-order valence-corrected chi connectivity index (χ4v) is 1.73. The van der Waals surface area contributed by atoms with Crippen LogP contribution in [0.25, 0.3) is 0 Å². The Hall–Kier alpha value is -2.14. The van der Waals surface area contributed by atoms with Gasteiger partial charge >= 0.3 is 5.97 Å². The van der Waals surface area contributed by atoms with Crippen molar-refractivity contribution in [3.05, 3.63) is 47.5 Å². The molecule has 0 amide bonds. The maximum Gasteiger partial charge on any atom is 0.357 e. The van der Waals surface area contributed by atoms with Gasteiger partial charge in [0, 0.05) is 6.54 Å². The average Bonchev–Trinajstić information content (AvgIpc) is 2.40. The summed E-state index contributed by atoms with van der Waals surface area (Å²) in [5.74, 6) is -0.377. The van der Waals surface area contributed by atoms with E-state index in [1.165, 1.54) is 6.21 Å². The Balaban J connectivity index is 1.95. The van der Waals surface area contributed by atoms with Crippen molar-refractivity contribution in [3.63, 3.8) is 0 Å². The first-order valence-electron chi connectivity index (χ1n) is 5.68. The number of nitrogens with zero attached hydrogens (tertiary/aromatic N) is 2. The van der Waals surface area contributed by atoms with Crippen LogP contribution in [0, 0.1) is 0 Å². The molecule has 1 heterocycles. The molecule has 1 aromatic carbocycles. The predicted octanol–water partition coefficient (Wildman–Crippen LogP) is 1.85. The number of oxime groups is 1. The van der Waals surface area contributed by atoms with Crippen LogP contribution in [0.15, 0.2) is 47.1 Å². The summed E-state index contributed by atoms with van der Waals surface area (Å²) in [4.78, 5) is 17.1. The maximum atomic E-state index is 11.8. The van der Waals surface area contributed by atoms with E-state index < -0.39 is 0 Å². The molecule has 0 radical (unpaired) electrons. The monoisotopic (exact) mass is 246 g/mol. The fraction of sp³-hybridized carbons (Fsp3) is 0.231. The second kappa shape index (κ2) is 5.97. The Kier molecular flexibility index (Phi) is 4.09. The molecule has 1 N–H and O–H groups in total. The molecule has 0 saturated heterocycles. The Bertz CT molecular complexity index is 468. The number of hydrogen-bond acceptors (Lipinski definition) is 5. The van der Waals surface area contributed by atoms with Gasteiger partial charge in [0.05, 0.1) is 18.3 Å². The molecule has 0 spiro atoms. The van der Waals surface area contributed by atoms with Gasteiger partial charge in [0.25, 0.3) is 0 Å². The van der Waals surface area contributed by atoms with Crippen LogP contribution in [-0.4, -0.2) is 35.5 Å². The first-order chi connectivity index (χ1) is 8.79. The quantitative estimate of drug-likeness (QED) is 0.502. The van der Waals surface area contributed by atoms with Gasteiger partial charge in [-0.15, -0.1) is 5.06 Å². The second-order valence-electron chi connectivity index (χ2n) is 3.92. The number of carbonyl (C=O) groups is 1. The second-order valence-corrected chi connectivity index (χ2v) is 3.92. The lowest BCUT2D eigenvalue weighted by Crippen LogP contribution is -2.33. The summed E-state index contributed by atoms with van der Waals surface area (Å²) in [5.41, 5.74) is 1.34. The van der Waals surface area contributed by atoms with E-state index in [0.29, 0.717) is 18.7 Å². The van der Waals surface area contributed by atoms with Gasteiger partial charge in [-0.3, -0.25) is 0 Å². The lowest BCUT2D eigenvalue weighted by Gasteiger charge is -2.24. The molecule has 2 rings (SSSR count). The van der Waals surface area contributed by atoms with Crippen molar-refractivity contribution in [2.24, 2.45) is 5.16 Å². The highest BCUT2D eigenvalue weighted by molar-refractivity contribution is 5.89. The summed E-state index contributed by atoms with van der Waals surface area (Å²) in [6.07, 6.45) is 4.05. The van der Waals surface area contributed by atoms with E-state index >= 15 is 0 Å². The number of hydroxylamine groups is 2. The van der Waals surface area contributed by atoms with Crippen LogP contribution in [0.2, 0.25) is 0 Å². The molecule has 0 aromatic heterocycles. The minimum atomic E-state index is -0.377. The van der Waals surface area contributed by atoms with Gasteiger partial charge in [0.1, 0.15) is 0 Å². The Morgan fingerprint density at radius 1 is 1.39 bits per heavy atom. The van der Waals surface area contributed by atoms with Crippen LogP contribution < -0.4 is 0 Å². The van der Waals surface area contributed by atoms with Gasteiger partial charge in [-0.1, -0.05) is 29.4 Å². The third-order valence-corrected chi connectivity index (χ3v) is 2.59. The first-order valence-corrected chi connectivity index (χ1v) is 5.68. The van der Waals surface area contributed by atoms with Gasteiger partial charge in [0.2, 0.25) is 0 Å². The molecule has 0 fully saturated rings. The lowest BCUT2D eigenvalue weighted by atomic mass is 10.2. The molecule has 0 atom stereocenters. The van der Waals surface area contributed by atoms with Gasteiger partial charge in [-0.2, -0.15) is 0 Å². The zero-order valence-corrected chi connectivity index (χ0v) is 9.82. The van der Waals surface area contributed by atoms with Gasteiger partial charge in [-0.05, 0) is 24.1 Å². The summed E-state index contributed by atoms with van der Waals surface area (Å²) in [7, 11) is 0. The third kappa shape index (κ3) is 3.18. The highest BCUT2D eigenvalue weighted by atomic mass is 16.7. The van der Waals surface area contributed by atoms with Crippen molar-refractivity contribution in [2.75, 3.05) is 13.1 Å². The summed E-state index contributed by atoms with van der Waals surface area (Å²) < 4.78 is 0. The maximum absolute atomic E-state index is 11.8. The van der Waals surface area contributed by atoms with Crippen LogP contribution in [0.4, 0.5) is 0 Å². The van der Waals surface area contributed by atoms with Crippen LogP contribution in [-0.2, 0) is 4.84 Å². The molecule has 18 heavy (non-hydrogen) atoms. The molecule has 5 nitrogen and oxygen atoms in total. The third-order valence-electron chi connectivity index (χ3n) is 2.59. The minimum Gasteiger partial charge on any atom is -0.411 e. The average molecular weight is 246 g/mol. The van der Waals surface area contributed by atoms with Crippen LogP contribution in [0.3, 0.4) is 0 Å². The van der Waals surface area contributed by atoms with Crippen molar-refractivity contribution in [3.8, 4) is 0 Å². The molecule has 1 aromatic rings. The molecule has 0 saturated carbocycles. The van der Waals surface area contributed by atoms with Gasteiger partial charge in [0.15, 0.2) is 0 Å². The molecule has 0 unspecified atom stereocenters. The Morgan fingerprint density at radius 3 is 2.89 bits per heavy atom. The summed E-state index contributed by atoms with van der Waals surface area (Å²) in [6.45, 7) is 1.07. The Labute approximate surface area is 105 Å². The number of carbonyl (C=O) groups excluding carboxylic acids is 1. The predicted molar refractivity (Wildman–Crippen MR) is 66.4 cm³/mol. The highest BCUT2D eigenvalue weighted by Gasteiger charge is 2.17. The molecule has 1 aliphatic heterocycles. The smallest absolute Gasteiger partial charge is 0.357 e. The molecule has 94 valence electrons.